The number of rotatable bonds is 10. The standard InChI is InChI=1S/C51H46N2/c1-37-10-6-14-48(32-37)52(49-15-7-11-38(2)33-49)46-28-24-43(25-29-46)19-18-42-20-22-44(23-21-42)36-41(5)45-26-30-47(31-27-45)53(50-16-8-12-39(3)34-50)51-17-9-13-40(4)35-51/h6-36H,1-5H3/b19-18+,41-36+. The van der Waals surface area contributed by atoms with Crippen LogP contribution in [0.1, 0.15) is 51.4 Å². The van der Waals surface area contributed by atoms with E-state index in [2.05, 4.69) is 233 Å². The van der Waals surface area contributed by atoms with Crippen molar-refractivity contribution in [1.82, 2.24) is 0 Å². The second-order valence-corrected chi connectivity index (χ2v) is 14.0. The van der Waals surface area contributed by atoms with E-state index >= 15 is 0 Å². The predicted molar refractivity (Wildman–Crippen MR) is 230 cm³/mol. The summed E-state index contributed by atoms with van der Waals surface area (Å²) >= 11 is 0. The summed E-state index contributed by atoms with van der Waals surface area (Å²) in [6.07, 6.45) is 6.62. The van der Waals surface area contributed by atoms with Crippen LogP contribution < -0.4 is 9.80 Å². The van der Waals surface area contributed by atoms with E-state index < -0.39 is 0 Å². The number of aryl methyl sites for hydroxylation is 4. The van der Waals surface area contributed by atoms with Gasteiger partial charge in [-0.3, -0.25) is 0 Å². The lowest BCUT2D eigenvalue weighted by molar-refractivity contribution is 1.26. The number of allylic oxidation sites excluding steroid dienone is 1. The molecular weight excluding hydrogens is 641 g/mol. The minimum atomic E-state index is 1.13. The fraction of sp³-hybridized carbons (Fsp3) is 0.0980. The minimum Gasteiger partial charge on any atom is -0.310 e. The summed E-state index contributed by atoms with van der Waals surface area (Å²) in [5, 5.41) is 0. The molecule has 0 saturated heterocycles. The van der Waals surface area contributed by atoms with Crippen LogP contribution in [-0.4, -0.2) is 0 Å². The van der Waals surface area contributed by atoms with Gasteiger partial charge in [0.25, 0.3) is 0 Å². The average Bonchev–Trinajstić information content (AvgIpc) is 3.16. The van der Waals surface area contributed by atoms with E-state index in [9.17, 15) is 0 Å². The molecule has 0 fully saturated rings. The van der Waals surface area contributed by atoms with Crippen LogP contribution >= 0.6 is 0 Å². The highest BCUT2D eigenvalue weighted by Crippen LogP contribution is 2.37. The Labute approximate surface area is 315 Å². The van der Waals surface area contributed by atoms with E-state index in [1.165, 1.54) is 44.5 Å². The van der Waals surface area contributed by atoms with Crippen LogP contribution in [0.25, 0.3) is 23.8 Å². The summed E-state index contributed by atoms with van der Waals surface area (Å²) in [7, 11) is 0. The lowest BCUT2D eigenvalue weighted by Gasteiger charge is -2.26. The molecule has 0 atom stereocenters. The summed E-state index contributed by atoms with van der Waals surface area (Å²) < 4.78 is 0. The van der Waals surface area contributed by atoms with Crippen molar-refractivity contribution in [3.8, 4) is 0 Å². The van der Waals surface area contributed by atoms with Crippen molar-refractivity contribution >= 4 is 57.9 Å². The van der Waals surface area contributed by atoms with Gasteiger partial charge in [-0.15, -0.1) is 0 Å². The van der Waals surface area contributed by atoms with Gasteiger partial charge in [0.05, 0.1) is 0 Å². The van der Waals surface area contributed by atoms with Gasteiger partial charge in [0.1, 0.15) is 0 Å². The Morgan fingerprint density at radius 2 is 0.679 bits per heavy atom. The molecule has 0 heterocycles. The SMILES string of the molecule is C/C(=C\c1ccc(/C=C/c2ccc(N(c3cccc(C)c3)c3cccc(C)c3)cc2)cc1)c1ccc(N(c2cccc(C)c2)c2cccc(C)c2)cc1. The summed E-state index contributed by atoms with van der Waals surface area (Å²) in [5.41, 5.74) is 17.8. The zero-order valence-corrected chi connectivity index (χ0v) is 31.3. The number of hydrogen-bond donors (Lipinski definition) is 0. The maximum absolute atomic E-state index is 2.33. The predicted octanol–water partition coefficient (Wildman–Crippen LogP) is 14.6. The van der Waals surface area contributed by atoms with Crippen LogP contribution in [0.2, 0.25) is 0 Å². The smallest absolute Gasteiger partial charge is 0.0464 e. The third kappa shape index (κ3) is 8.57. The molecule has 0 amide bonds. The van der Waals surface area contributed by atoms with E-state index in [0.717, 1.165) is 39.7 Å². The maximum Gasteiger partial charge on any atom is 0.0464 e. The third-order valence-corrected chi connectivity index (χ3v) is 9.56. The first-order valence-electron chi connectivity index (χ1n) is 18.3. The number of anilines is 6. The van der Waals surface area contributed by atoms with Crippen molar-refractivity contribution in [3.05, 3.63) is 214 Å². The molecule has 0 aliphatic carbocycles. The monoisotopic (exact) mass is 686 g/mol. The Balaban J connectivity index is 1.05. The van der Waals surface area contributed by atoms with Crippen LogP contribution in [0.5, 0.6) is 0 Å². The van der Waals surface area contributed by atoms with Gasteiger partial charge in [-0.2, -0.15) is 0 Å². The Morgan fingerprint density at radius 3 is 1.04 bits per heavy atom. The Hall–Kier alpha value is -6.38. The van der Waals surface area contributed by atoms with Gasteiger partial charge in [0, 0.05) is 34.1 Å². The van der Waals surface area contributed by atoms with Gasteiger partial charge in [-0.1, -0.05) is 115 Å². The molecule has 260 valence electrons. The molecule has 0 bridgehead atoms. The molecule has 0 spiro atoms. The van der Waals surface area contributed by atoms with Crippen molar-refractivity contribution in [2.75, 3.05) is 9.80 Å². The average molecular weight is 687 g/mol. The fourth-order valence-corrected chi connectivity index (χ4v) is 6.80. The first kappa shape index (κ1) is 35.0. The molecule has 2 heteroatoms. The van der Waals surface area contributed by atoms with E-state index in [4.69, 9.17) is 0 Å². The highest BCUT2D eigenvalue weighted by atomic mass is 15.1. The first-order chi connectivity index (χ1) is 25.8. The second-order valence-electron chi connectivity index (χ2n) is 14.0. The van der Waals surface area contributed by atoms with Crippen LogP contribution in [-0.2, 0) is 0 Å². The Kier molecular flexibility index (Phi) is 10.5. The lowest BCUT2D eigenvalue weighted by atomic mass is 10.0. The zero-order valence-electron chi connectivity index (χ0n) is 31.3. The van der Waals surface area contributed by atoms with E-state index in [1.807, 2.05) is 0 Å². The minimum absolute atomic E-state index is 1.13. The van der Waals surface area contributed by atoms with Gasteiger partial charge in [-0.05, 0) is 157 Å². The molecule has 7 rings (SSSR count). The highest BCUT2D eigenvalue weighted by Gasteiger charge is 2.14. The fourth-order valence-electron chi connectivity index (χ4n) is 6.80. The van der Waals surface area contributed by atoms with Crippen molar-refractivity contribution in [2.24, 2.45) is 0 Å². The van der Waals surface area contributed by atoms with E-state index in [-0.39, 0.29) is 0 Å². The molecule has 2 nitrogen and oxygen atoms in total. The Bertz CT molecular complexity index is 2290. The Morgan fingerprint density at radius 1 is 0.358 bits per heavy atom. The van der Waals surface area contributed by atoms with Crippen LogP contribution in [0.3, 0.4) is 0 Å². The number of nitrogens with zero attached hydrogens (tertiary/aromatic N) is 2. The highest BCUT2D eigenvalue weighted by molar-refractivity contribution is 5.83. The van der Waals surface area contributed by atoms with Gasteiger partial charge in [-0.25, -0.2) is 0 Å². The topological polar surface area (TPSA) is 6.48 Å². The molecule has 0 aliphatic heterocycles. The van der Waals surface area contributed by atoms with Crippen molar-refractivity contribution < 1.29 is 0 Å². The molecule has 0 N–H and O–H groups in total. The third-order valence-electron chi connectivity index (χ3n) is 9.56. The lowest BCUT2D eigenvalue weighted by Crippen LogP contribution is -2.10. The molecule has 0 radical (unpaired) electrons. The largest absolute Gasteiger partial charge is 0.310 e. The van der Waals surface area contributed by atoms with E-state index in [0.29, 0.717) is 0 Å². The molecule has 0 unspecified atom stereocenters. The van der Waals surface area contributed by atoms with E-state index in [1.54, 1.807) is 0 Å². The number of hydrogen-bond acceptors (Lipinski definition) is 2. The molecular formula is C51H46N2. The van der Waals surface area contributed by atoms with Crippen LogP contribution in [0, 0.1) is 27.7 Å². The normalized spacial score (nSPS) is 11.5. The summed E-state index contributed by atoms with van der Waals surface area (Å²) in [6.45, 7) is 10.8. The number of benzene rings is 7. The zero-order chi connectivity index (χ0) is 36.7. The van der Waals surface area contributed by atoms with Gasteiger partial charge < -0.3 is 9.80 Å². The maximum atomic E-state index is 2.33. The van der Waals surface area contributed by atoms with Gasteiger partial charge >= 0.3 is 0 Å². The van der Waals surface area contributed by atoms with Crippen LogP contribution in [0.4, 0.5) is 34.1 Å². The summed E-state index contributed by atoms with van der Waals surface area (Å²) in [5.74, 6) is 0. The second kappa shape index (κ2) is 15.9. The first-order valence-corrected chi connectivity index (χ1v) is 18.3. The summed E-state index contributed by atoms with van der Waals surface area (Å²) in [6, 6.07) is 61.2. The quantitative estimate of drug-likeness (QED) is 0.132. The molecule has 7 aromatic rings. The van der Waals surface area contributed by atoms with Crippen molar-refractivity contribution in [1.29, 1.82) is 0 Å². The van der Waals surface area contributed by atoms with Crippen molar-refractivity contribution in [3.63, 3.8) is 0 Å². The molecule has 53 heavy (non-hydrogen) atoms. The molecule has 7 aromatic carbocycles. The summed E-state index contributed by atoms with van der Waals surface area (Å²) in [4.78, 5) is 4.65. The molecule has 0 saturated carbocycles. The van der Waals surface area contributed by atoms with Gasteiger partial charge in [0.2, 0.25) is 0 Å². The van der Waals surface area contributed by atoms with Gasteiger partial charge in [0.15, 0.2) is 0 Å². The van der Waals surface area contributed by atoms with Crippen molar-refractivity contribution in [2.45, 2.75) is 34.6 Å². The van der Waals surface area contributed by atoms with Crippen LogP contribution in [0.15, 0.2) is 170 Å². The molecule has 0 aliphatic rings. The molecule has 0 aromatic heterocycles.